The Balaban J connectivity index is 1.97. The van der Waals surface area contributed by atoms with Gasteiger partial charge in [-0.2, -0.15) is 13.2 Å². The van der Waals surface area contributed by atoms with E-state index in [4.69, 9.17) is 4.52 Å². The number of hydrogen-bond donors (Lipinski definition) is 1. The number of carbonyl (C=O) groups is 1. The van der Waals surface area contributed by atoms with Crippen LogP contribution in [0.5, 0.6) is 0 Å². The van der Waals surface area contributed by atoms with Crippen LogP contribution in [0.2, 0.25) is 0 Å². The summed E-state index contributed by atoms with van der Waals surface area (Å²) in [6, 6.07) is 5.89. The zero-order valence-corrected chi connectivity index (χ0v) is 14.4. The van der Waals surface area contributed by atoms with Gasteiger partial charge in [0.1, 0.15) is 5.76 Å². The number of carbonyl (C=O) groups excluding carboxylic acids is 1. The van der Waals surface area contributed by atoms with Gasteiger partial charge < -0.3 is 9.42 Å². The predicted octanol–water partition coefficient (Wildman–Crippen LogP) is 4.65. The second-order valence-electron chi connectivity index (χ2n) is 6.81. The average Bonchev–Trinajstić information content (AvgIpc) is 2.95. The Kier molecular flexibility index (Phi) is 5.10. The molecule has 0 aliphatic heterocycles. The monoisotopic (exact) mass is 355 g/mol. The summed E-state index contributed by atoms with van der Waals surface area (Å²) in [5.74, 6) is 0.919. The van der Waals surface area contributed by atoms with Crippen LogP contribution in [-0.4, -0.2) is 23.1 Å². The molecule has 0 bridgehead atoms. The van der Waals surface area contributed by atoms with E-state index in [9.17, 15) is 18.0 Å². The van der Waals surface area contributed by atoms with Crippen LogP contribution in [0, 0.1) is 0 Å². The molecule has 2 amide bonds. The van der Waals surface area contributed by atoms with Crippen molar-refractivity contribution in [3.8, 4) is 0 Å². The quantitative estimate of drug-likeness (QED) is 0.871. The molecule has 1 heterocycles. The molecule has 0 saturated heterocycles. The van der Waals surface area contributed by atoms with Crippen LogP contribution in [0.25, 0.3) is 0 Å². The Labute approximate surface area is 143 Å². The van der Waals surface area contributed by atoms with E-state index >= 15 is 0 Å². The van der Waals surface area contributed by atoms with Crippen LogP contribution in [0.3, 0.4) is 0 Å². The molecule has 25 heavy (non-hydrogen) atoms. The zero-order chi connectivity index (χ0) is 18.8. The Morgan fingerprint density at radius 3 is 2.28 bits per heavy atom. The second kappa shape index (κ2) is 6.78. The first-order valence-corrected chi connectivity index (χ1v) is 7.62. The molecule has 0 fully saturated rings. The molecule has 0 aliphatic carbocycles. The molecule has 0 saturated carbocycles. The van der Waals surface area contributed by atoms with E-state index in [1.807, 2.05) is 20.8 Å². The first kappa shape index (κ1) is 18.8. The third-order valence-corrected chi connectivity index (χ3v) is 3.53. The fourth-order valence-corrected chi connectivity index (χ4v) is 2.04. The van der Waals surface area contributed by atoms with Gasteiger partial charge in [0.25, 0.3) is 0 Å². The standard InChI is InChI=1S/C17H20F3N3O2/c1-16(2,3)13-9-14(22-25-13)21-15(24)23(4)10-11-5-7-12(8-6-11)17(18,19)20/h5-9H,10H2,1-4H3,(H,21,22,24). The van der Waals surface area contributed by atoms with Crippen molar-refractivity contribution in [3.05, 3.63) is 47.2 Å². The molecule has 5 nitrogen and oxygen atoms in total. The minimum Gasteiger partial charge on any atom is -0.359 e. The van der Waals surface area contributed by atoms with Gasteiger partial charge >= 0.3 is 12.2 Å². The van der Waals surface area contributed by atoms with E-state index in [-0.39, 0.29) is 17.8 Å². The molecule has 1 N–H and O–H groups in total. The number of benzene rings is 1. The Hall–Kier alpha value is -2.51. The molecular formula is C17H20F3N3O2. The first-order valence-electron chi connectivity index (χ1n) is 7.62. The minimum atomic E-state index is -4.38. The molecule has 0 unspecified atom stereocenters. The van der Waals surface area contributed by atoms with Gasteiger partial charge in [-0.1, -0.05) is 38.1 Å². The summed E-state index contributed by atoms with van der Waals surface area (Å²) in [5.41, 5.74) is -0.371. The summed E-state index contributed by atoms with van der Waals surface area (Å²) in [6.07, 6.45) is -4.38. The molecule has 0 atom stereocenters. The van der Waals surface area contributed by atoms with Crippen molar-refractivity contribution < 1.29 is 22.5 Å². The zero-order valence-electron chi connectivity index (χ0n) is 14.4. The molecule has 136 valence electrons. The van der Waals surface area contributed by atoms with E-state index in [2.05, 4.69) is 10.5 Å². The SMILES string of the molecule is CN(Cc1ccc(C(F)(F)F)cc1)C(=O)Nc1cc(C(C)(C)C)on1. The highest BCUT2D eigenvalue weighted by Crippen LogP contribution is 2.29. The van der Waals surface area contributed by atoms with Gasteiger partial charge in [-0.15, -0.1) is 0 Å². The number of nitrogens with zero attached hydrogens (tertiary/aromatic N) is 2. The van der Waals surface area contributed by atoms with Crippen molar-refractivity contribution in [3.63, 3.8) is 0 Å². The van der Waals surface area contributed by atoms with E-state index in [0.717, 1.165) is 12.1 Å². The molecule has 2 aromatic rings. The lowest BCUT2D eigenvalue weighted by atomic mass is 9.93. The molecule has 2 rings (SSSR count). The number of rotatable bonds is 3. The van der Waals surface area contributed by atoms with Gasteiger partial charge in [-0.3, -0.25) is 5.32 Å². The summed E-state index contributed by atoms with van der Waals surface area (Å²) in [6.45, 7) is 6.02. The molecule has 0 spiro atoms. The van der Waals surface area contributed by atoms with E-state index in [1.54, 1.807) is 6.07 Å². The Morgan fingerprint density at radius 2 is 1.80 bits per heavy atom. The number of nitrogens with one attached hydrogen (secondary N) is 1. The minimum absolute atomic E-state index is 0.161. The number of aromatic nitrogens is 1. The summed E-state index contributed by atoms with van der Waals surface area (Å²) < 4.78 is 42.8. The maximum absolute atomic E-state index is 12.5. The highest BCUT2D eigenvalue weighted by molar-refractivity contribution is 5.88. The van der Waals surface area contributed by atoms with Crippen molar-refractivity contribution in [1.82, 2.24) is 10.1 Å². The van der Waals surface area contributed by atoms with Gasteiger partial charge in [-0.25, -0.2) is 4.79 Å². The molecular weight excluding hydrogens is 335 g/mol. The summed E-state index contributed by atoms with van der Waals surface area (Å²) in [5, 5.41) is 6.38. The lowest BCUT2D eigenvalue weighted by molar-refractivity contribution is -0.137. The molecule has 1 aromatic carbocycles. The van der Waals surface area contributed by atoms with Crippen molar-refractivity contribution in [2.45, 2.75) is 38.9 Å². The van der Waals surface area contributed by atoms with Crippen LogP contribution >= 0.6 is 0 Å². The normalized spacial score (nSPS) is 12.1. The van der Waals surface area contributed by atoms with Crippen LogP contribution in [-0.2, 0) is 18.1 Å². The fraction of sp³-hybridized carbons (Fsp3) is 0.412. The molecule has 0 radical (unpaired) electrons. The van der Waals surface area contributed by atoms with Crippen LogP contribution in [0.15, 0.2) is 34.9 Å². The highest BCUT2D eigenvalue weighted by Gasteiger charge is 2.30. The van der Waals surface area contributed by atoms with Crippen LogP contribution < -0.4 is 5.32 Å². The van der Waals surface area contributed by atoms with Gasteiger partial charge in [0.2, 0.25) is 0 Å². The Morgan fingerprint density at radius 1 is 1.20 bits per heavy atom. The smallest absolute Gasteiger partial charge is 0.359 e. The number of alkyl halides is 3. The van der Waals surface area contributed by atoms with Gasteiger partial charge in [0.15, 0.2) is 5.82 Å². The lowest BCUT2D eigenvalue weighted by Gasteiger charge is -2.17. The number of anilines is 1. The number of urea groups is 1. The summed E-state index contributed by atoms with van der Waals surface area (Å²) in [4.78, 5) is 13.5. The van der Waals surface area contributed by atoms with Crippen LogP contribution in [0.1, 0.15) is 37.7 Å². The van der Waals surface area contributed by atoms with E-state index in [0.29, 0.717) is 11.3 Å². The number of halogens is 3. The van der Waals surface area contributed by atoms with Crippen molar-refractivity contribution in [1.29, 1.82) is 0 Å². The third-order valence-electron chi connectivity index (χ3n) is 3.53. The molecule has 8 heteroatoms. The van der Waals surface area contributed by atoms with Crippen LogP contribution in [0.4, 0.5) is 23.8 Å². The second-order valence-corrected chi connectivity index (χ2v) is 6.81. The maximum Gasteiger partial charge on any atom is 0.416 e. The van der Waals surface area contributed by atoms with Crippen molar-refractivity contribution in [2.24, 2.45) is 0 Å². The van der Waals surface area contributed by atoms with Crippen molar-refractivity contribution in [2.75, 3.05) is 12.4 Å². The Bertz CT molecular complexity index is 731. The maximum atomic E-state index is 12.5. The fourth-order valence-electron chi connectivity index (χ4n) is 2.04. The number of amides is 2. The lowest BCUT2D eigenvalue weighted by Crippen LogP contribution is -2.31. The van der Waals surface area contributed by atoms with E-state index < -0.39 is 17.8 Å². The highest BCUT2D eigenvalue weighted by atomic mass is 19.4. The molecule has 1 aromatic heterocycles. The summed E-state index contributed by atoms with van der Waals surface area (Å²) >= 11 is 0. The summed E-state index contributed by atoms with van der Waals surface area (Å²) in [7, 11) is 1.54. The number of hydrogen-bond acceptors (Lipinski definition) is 3. The third kappa shape index (κ3) is 4.98. The van der Waals surface area contributed by atoms with Gasteiger partial charge in [-0.05, 0) is 17.7 Å². The van der Waals surface area contributed by atoms with Gasteiger partial charge in [0.05, 0.1) is 5.56 Å². The largest absolute Gasteiger partial charge is 0.416 e. The van der Waals surface area contributed by atoms with E-state index in [1.165, 1.54) is 24.1 Å². The average molecular weight is 355 g/mol. The van der Waals surface area contributed by atoms with Crippen molar-refractivity contribution >= 4 is 11.8 Å². The molecule has 0 aliphatic rings. The predicted molar refractivity (Wildman–Crippen MR) is 87.1 cm³/mol. The topological polar surface area (TPSA) is 58.4 Å². The first-order chi connectivity index (χ1) is 11.5. The van der Waals surface area contributed by atoms with Gasteiger partial charge in [0, 0.05) is 25.1 Å².